The molecule has 0 heterocycles. The van der Waals surface area contributed by atoms with Crippen molar-refractivity contribution in [2.75, 3.05) is 0 Å². The first-order chi connectivity index (χ1) is 8.56. The first-order valence-corrected chi connectivity index (χ1v) is 6.80. The van der Waals surface area contributed by atoms with E-state index in [1.807, 2.05) is 6.92 Å². The smallest absolute Gasteiger partial charge is 0.408 e. The third kappa shape index (κ3) is 4.11. The second kappa shape index (κ2) is 5.39. The van der Waals surface area contributed by atoms with Gasteiger partial charge >= 0.3 is 12.1 Å². The molecule has 0 unspecified atom stereocenters. The van der Waals surface area contributed by atoms with Gasteiger partial charge in [-0.1, -0.05) is 13.8 Å². The number of aliphatic carboxylic acids is 1. The minimum Gasteiger partial charge on any atom is -0.480 e. The monoisotopic (exact) mass is 271 g/mol. The molecule has 5 nitrogen and oxygen atoms in total. The zero-order valence-corrected chi connectivity index (χ0v) is 12.4. The van der Waals surface area contributed by atoms with Gasteiger partial charge < -0.3 is 15.2 Å². The number of carboxylic acid groups (broad SMARTS) is 1. The van der Waals surface area contributed by atoms with E-state index in [4.69, 9.17) is 4.74 Å². The van der Waals surface area contributed by atoms with E-state index in [2.05, 4.69) is 12.2 Å². The third-order valence-electron chi connectivity index (χ3n) is 3.82. The molecule has 1 aliphatic rings. The van der Waals surface area contributed by atoms with Crippen LogP contribution in [0.1, 0.15) is 53.9 Å². The molecule has 0 saturated heterocycles. The highest BCUT2D eigenvalue weighted by Gasteiger charge is 2.45. The quantitative estimate of drug-likeness (QED) is 0.809. The third-order valence-corrected chi connectivity index (χ3v) is 3.82. The van der Waals surface area contributed by atoms with Gasteiger partial charge in [-0.2, -0.15) is 0 Å². The van der Waals surface area contributed by atoms with Crippen LogP contribution < -0.4 is 5.32 Å². The van der Waals surface area contributed by atoms with Crippen molar-refractivity contribution in [2.24, 2.45) is 11.8 Å². The van der Waals surface area contributed by atoms with Crippen LogP contribution in [-0.2, 0) is 9.53 Å². The van der Waals surface area contributed by atoms with Crippen molar-refractivity contribution in [3.05, 3.63) is 0 Å². The van der Waals surface area contributed by atoms with E-state index < -0.39 is 23.2 Å². The minimum absolute atomic E-state index is 0.264. The molecular weight excluding hydrogens is 246 g/mol. The van der Waals surface area contributed by atoms with Crippen LogP contribution in [0.15, 0.2) is 0 Å². The van der Waals surface area contributed by atoms with Gasteiger partial charge in [-0.25, -0.2) is 9.59 Å². The number of nitrogens with one attached hydrogen (secondary N) is 1. The molecule has 1 saturated carbocycles. The number of alkyl carbamates (subject to hydrolysis) is 1. The molecule has 0 aromatic carbocycles. The number of carboxylic acids is 1. The predicted molar refractivity (Wildman–Crippen MR) is 71.9 cm³/mol. The Morgan fingerprint density at radius 2 is 1.84 bits per heavy atom. The molecule has 5 heteroatoms. The average molecular weight is 271 g/mol. The van der Waals surface area contributed by atoms with Gasteiger partial charge in [0, 0.05) is 0 Å². The van der Waals surface area contributed by atoms with Gasteiger partial charge in [0.15, 0.2) is 0 Å². The number of hydrogen-bond donors (Lipinski definition) is 2. The highest BCUT2D eigenvalue weighted by Crippen LogP contribution is 2.36. The van der Waals surface area contributed by atoms with Gasteiger partial charge in [0.2, 0.25) is 0 Å². The Morgan fingerprint density at radius 3 is 2.26 bits per heavy atom. The fraction of sp³-hybridized carbons (Fsp3) is 0.857. The molecule has 1 rings (SSSR count). The number of rotatable bonds is 2. The first kappa shape index (κ1) is 15.8. The second-order valence-corrected chi connectivity index (χ2v) is 6.71. The number of ether oxygens (including phenoxy) is 1. The highest BCUT2D eigenvalue weighted by molar-refractivity contribution is 5.84. The molecule has 0 aromatic rings. The van der Waals surface area contributed by atoms with Crippen LogP contribution in [0.3, 0.4) is 0 Å². The van der Waals surface area contributed by atoms with E-state index in [1.165, 1.54) is 0 Å². The Bertz CT molecular complexity index is 361. The summed E-state index contributed by atoms with van der Waals surface area (Å²) >= 11 is 0. The van der Waals surface area contributed by atoms with Crippen LogP contribution in [0, 0.1) is 11.8 Å². The first-order valence-electron chi connectivity index (χ1n) is 6.80. The highest BCUT2D eigenvalue weighted by atomic mass is 16.6. The van der Waals surface area contributed by atoms with Crippen LogP contribution in [-0.4, -0.2) is 28.3 Å². The van der Waals surface area contributed by atoms with E-state index >= 15 is 0 Å². The zero-order valence-electron chi connectivity index (χ0n) is 12.4. The maximum Gasteiger partial charge on any atom is 0.408 e. The lowest BCUT2D eigenvalue weighted by atomic mass is 9.71. The molecule has 1 aliphatic carbocycles. The Morgan fingerprint density at radius 1 is 1.26 bits per heavy atom. The summed E-state index contributed by atoms with van der Waals surface area (Å²) in [6.45, 7) is 9.41. The minimum atomic E-state index is -1.19. The van der Waals surface area contributed by atoms with E-state index in [-0.39, 0.29) is 5.92 Å². The van der Waals surface area contributed by atoms with E-state index in [0.29, 0.717) is 18.8 Å². The summed E-state index contributed by atoms with van der Waals surface area (Å²) in [5.41, 5.74) is -1.81. The fourth-order valence-electron chi connectivity index (χ4n) is 2.47. The lowest BCUT2D eigenvalue weighted by Crippen LogP contribution is -2.58. The fourth-order valence-corrected chi connectivity index (χ4v) is 2.47. The van der Waals surface area contributed by atoms with Crippen molar-refractivity contribution in [2.45, 2.75) is 65.0 Å². The standard InChI is InChI=1S/C14H25NO4/c1-9-6-7-14(11(16)17,8-10(9)2)15-12(18)19-13(3,4)5/h9-10H,6-8H2,1-5H3,(H,15,18)(H,16,17)/t9-,10-,14-/m1/s1. The molecule has 19 heavy (non-hydrogen) atoms. The summed E-state index contributed by atoms with van der Waals surface area (Å²) in [5.74, 6) is -0.232. The van der Waals surface area contributed by atoms with Gasteiger partial charge in [0.25, 0.3) is 0 Å². The molecule has 1 amide bonds. The summed E-state index contributed by atoms with van der Waals surface area (Å²) in [6.07, 6.45) is 1.04. The van der Waals surface area contributed by atoms with Gasteiger partial charge in [-0.05, 0) is 51.9 Å². The van der Waals surface area contributed by atoms with Crippen LogP contribution in [0.4, 0.5) is 4.79 Å². The SMILES string of the molecule is C[C@@H]1CC[C@](NC(=O)OC(C)(C)C)(C(=O)O)C[C@H]1C. The molecule has 3 atom stereocenters. The zero-order chi connectivity index (χ0) is 14.8. The number of carbonyl (C=O) groups excluding carboxylic acids is 1. The van der Waals surface area contributed by atoms with E-state index in [0.717, 1.165) is 6.42 Å². The molecule has 2 N–H and O–H groups in total. The van der Waals surface area contributed by atoms with Gasteiger partial charge in [-0.3, -0.25) is 0 Å². The Balaban J connectivity index is 2.79. The predicted octanol–water partition coefficient (Wildman–Crippen LogP) is 2.79. The number of hydrogen-bond acceptors (Lipinski definition) is 3. The Hall–Kier alpha value is -1.26. The molecule has 1 fully saturated rings. The Labute approximate surface area is 114 Å². The second-order valence-electron chi connectivity index (χ2n) is 6.71. The molecule has 0 spiro atoms. The molecule has 110 valence electrons. The van der Waals surface area contributed by atoms with Crippen molar-refractivity contribution < 1.29 is 19.4 Å². The summed E-state index contributed by atoms with van der Waals surface area (Å²) in [7, 11) is 0. The van der Waals surface area contributed by atoms with E-state index in [9.17, 15) is 14.7 Å². The normalized spacial score (nSPS) is 31.6. The summed E-state index contributed by atoms with van der Waals surface area (Å²) in [6, 6.07) is 0. The molecule has 0 radical (unpaired) electrons. The number of amides is 1. The molecule has 0 bridgehead atoms. The van der Waals surface area contributed by atoms with Gasteiger partial charge in [0.05, 0.1) is 0 Å². The van der Waals surface area contributed by atoms with Gasteiger partial charge in [0.1, 0.15) is 11.1 Å². The van der Waals surface area contributed by atoms with Gasteiger partial charge in [-0.15, -0.1) is 0 Å². The summed E-state index contributed by atoms with van der Waals surface area (Å²) < 4.78 is 5.16. The number of carbonyl (C=O) groups is 2. The molecule has 0 aromatic heterocycles. The van der Waals surface area contributed by atoms with Crippen LogP contribution in [0.25, 0.3) is 0 Å². The van der Waals surface area contributed by atoms with Crippen LogP contribution in [0.5, 0.6) is 0 Å². The lowest BCUT2D eigenvalue weighted by molar-refractivity contribution is -0.147. The van der Waals surface area contributed by atoms with Crippen LogP contribution in [0.2, 0.25) is 0 Å². The Kier molecular flexibility index (Phi) is 4.48. The largest absolute Gasteiger partial charge is 0.480 e. The van der Waals surface area contributed by atoms with Crippen molar-refractivity contribution >= 4 is 12.1 Å². The van der Waals surface area contributed by atoms with Crippen molar-refractivity contribution in [3.63, 3.8) is 0 Å². The topological polar surface area (TPSA) is 75.6 Å². The maximum atomic E-state index is 11.8. The average Bonchev–Trinajstić information content (AvgIpc) is 2.20. The molecule has 0 aliphatic heterocycles. The van der Waals surface area contributed by atoms with Crippen molar-refractivity contribution in [3.8, 4) is 0 Å². The lowest BCUT2D eigenvalue weighted by Gasteiger charge is -2.40. The van der Waals surface area contributed by atoms with Crippen LogP contribution >= 0.6 is 0 Å². The van der Waals surface area contributed by atoms with Crippen molar-refractivity contribution in [1.29, 1.82) is 0 Å². The summed E-state index contributed by atoms with van der Waals surface area (Å²) in [5, 5.41) is 12.0. The maximum absolute atomic E-state index is 11.8. The van der Waals surface area contributed by atoms with E-state index in [1.54, 1.807) is 20.8 Å². The summed E-state index contributed by atoms with van der Waals surface area (Å²) in [4.78, 5) is 23.4. The molecular formula is C14H25NO4. The van der Waals surface area contributed by atoms with Crippen molar-refractivity contribution in [1.82, 2.24) is 5.32 Å².